The van der Waals surface area contributed by atoms with Crippen molar-refractivity contribution in [1.82, 2.24) is 5.32 Å². The zero-order chi connectivity index (χ0) is 13.9. The summed E-state index contributed by atoms with van der Waals surface area (Å²) in [4.78, 5) is 12.0. The van der Waals surface area contributed by atoms with Crippen LogP contribution in [-0.2, 0) is 10.5 Å². The first kappa shape index (κ1) is 14.3. The number of halogens is 1. The van der Waals surface area contributed by atoms with Crippen LogP contribution in [-0.4, -0.2) is 17.7 Å². The number of nitrogens with one attached hydrogen (secondary N) is 1. The van der Waals surface area contributed by atoms with E-state index in [0.717, 1.165) is 28.2 Å². The molecule has 1 aromatic carbocycles. The summed E-state index contributed by atoms with van der Waals surface area (Å²) in [6, 6.07) is 8.27. The Balaban J connectivity index is 1.40. The van der Waals surface area contributed by atoms with Crippen molar-refractivity contribution in [2.45, 2.75) is 37.5 Å². The number of benzene rings is 1. The van der Waals surface area contributed by atoms with Gasteiger partial charge in [0.1, 0.15) is 0 Å². The molecule has 3 atom stereocenters. The molecule has 20 heavy (non-hydrogen) atoms. The Morgan fingerprint density at radius 1 is 1.30 bits per heavy atom. The molecule has 0 saturated heterocycles. The summed E-state index contributed by atoms with van der Waals surface area (Å²) in [5, 5.41) is 4.00. The van der Waals surface area contributed by atoms with Crippen molar-refractivity contribution in [1.29, 1.82) is 0 Å². The summed E-state index contributed by atoms with van der Waals surface area (Å²) in [5.74, 6) is 3.13. The van der Waals surface area contributed by atoms with Crippen LogP contribution >= 0.6 is 23.4 Å². The van der Waals surface area contributed by atoms with E-state index in [4.69, 9.17) is 11.6 Å². The van der Waals surface area contributed by atoms with Crippen molar-refractivity contribution in [3.05, 3.63) is 34.9 Å². The molecule has 2 fully saturated rings. The van der Waals surface area contributed by atoms with Gasteiger partial charge in [0.25, 0.3) is 0 Å². The molecule has 1 amide bonds. The fraction of sp³-hybridized carbons (Fsp3) is 0.562. The van der Waals surface area contributed by atoms with Gasteiger partial charge in [-0.25, -0.2) is 0 Å². The molecule has 2 nitrogen and oxygen atoms in total. The van der Waals surface area contributed by atoms with Crippen molar-refractivity contribution in [2.75, 3.05) is 5.75 Å². The quantitative estimate of drug-likeness (QED) is 0.894. The number of carbonyl (C=O) groups is 1. The minimum atomic E-state index is 0.180. The highest BCUT2D eigenvalue weighted by Gasteiger charge is 2.39. The summed E-state index contributed by atoms with van der Waals surface area (Å²) < 4.78 is 0. The number of hydrogen-bond donors (Lipinski definition) is 1. The number of fused-ring (bicyclic) bond motifs is 2. The van der Waals surface area contributed by atoms with Crippen molar-refractivity contribution < 1.29 is 4.79 Å². The number of amides is 1. The molecule has 2 bridgehead atoms. The van der Waals surface area contributed by atoms with E-state index >= 15 is 0 Å². The molecule has 0 aromatic heterocycles. The maximum atomic E-state index is 12.0. The number of hydrogen-bond acceptors (Lipinski definition) is 2. The number of rotatable bonds is 5. The van der Waals surface area contributed by atoms with Gasteiger partial charge in [-0.3, -0.25) is 4.79 Å². The van der Waals surface area contributed by atoms with E-state index in [-0.39, 0.29) is 5.91 Å². The van der Waals surface area contributed by atoms with Gasteiger partial charge >= 0.3 is 0 Å². The van der Waals surface area contributed by atoms with Crippen LogP contribution in [0.3, 0.4) is 0 Å². The van der Waals surface area contributed by atoms with Gasteiger partial charge in [0.2, 0.25) is 5.91 Å². The minimum absolute atomic E-state index is 0.180. The lowest BCUT2D eigenvalue weighted by molar-refractivity contribution is -0.119. The maximum Gasteiger partial charge on any atom is 0.230 e. The van der Waals surface area contributed by atoms with Gasteiger partial charge in [0, 0.05) is 16.8 Å². The fourth-order valence-electron chi connectivity index (χ4n) is 3.54. The molecule has 3 rings (SSSR count). The van der Waals surface area contributed by atoms with Gasteiger partial charge in [-0.2, -0.15) is 0 Å². The van der Waals surface area contributed by atoms with Crippen LogP contribution in [0, 0.1) is 11.8 Å². The van der Waals surface area contributed by atoms with Crippen molar-refractivity contribution in [3.8, 4) is 0 Å². The normalized spacial score (nSPS) is 27.8. The largest absolute Gasteiger partial charge is 0.352 e. The summed E-state index contributed by atoms with van der Waals surface area (Å²) >= 11 is 7.74. The lowest BCUT2D eigenvalue weighted by Crippen LogP contribution is -2.39. The molecule has 0 aliphatic heterocycles. The van der Waals surface area contributed by atoms with Gasteiger partial charge in [0.15, 0.2) is 0 Å². The van der Waals surface area contributed by atoms with Gasteiger partial charge in [0.05, 0.1) is 5.75 Å². The topological polar surface area (TPSA) is 29.1 Å². The lowest BCUT2D eigenvalue weighted by atomic mass is 9.95. The SMILES string of the molecule is O=C(CSCc1ccccc1Cl)NC1CC2CCC1C2. The Hall–Kier alpha value is -0.670. The number of thioether (sulfide) groups is 1. The van der Waals surface area contributed by atoms with E-state index in [9.17, 15) is 4.79 Å². The Labute approximate surface area is 129 Å². The summed E-state index contributed by atoms with van der Waals surface area (Å²) in [6.07, 6.45) is 5.21. The van der Waals surface area contributed by atoms with Crippen LogP contribution in [0.25, 0.3) is 0 Å². The maximum absolute atomic E-state index is 12.0. The second kappa shape index (κ2) is 6.40. The van der Waals surface area contributed by atoms with Crippen LogP contribution < -0.4 is 5.32 Å². The molecule has 1 N–H and O–H groups in total. The molecule has 108 valence electrons. The van der Waals surface area contributed by atoms with Gasteiger partial charge in [-0.15, -0.1) is 11.8 Å². The zero-order valence-electron chi connectivity index (χ0n) is 11.5. The lowest BCUT2D eigenvalue weighted by Gasteiger charge is -2.22. The second-order valence-electron chi connectivity index (χ2n) is 5.93. The standard InChI is InChI=1S/C16H20ClNOS/c17-14-4-2-1-3-13(14)9-20-10-16(19)18-15-8-11-5-6-12(15)7-11/h1-4,11-12,15H,5-10H2,(H,18,19). The monoisotopic (exact) mass is 309 g/mol. The average molecular weight is 310 g/mol. The highest BCUT2D eigenvalue weighted by atomic mass is 35.5. The molecule has 1 aromatic rings. The molecule has 2 aliphatic rings. The fourth-order valence-corrected chi connectivity index (χ4v) is 4.66. The Morgan fingerprint density at radius 2 is 2.15 bits per heavy atom. The first-order valence-corrected chi connectivity index (χ1v) is 8.86. The molecule has 0 spiro atoms. The van der Waals surface area contributed by atoms with E-state index < -0.39 is 0 Å². The third-order valence-corrected chi connectivity index (χ3v) is 5.88. The molecule has 0 heterocycles. The zero-order valence-corrected chi connectivity index (χ0v) is 13.1. The smallest absolute Gasteiger partial charge is 0.230 e. The van der Waals surface area contributed by atoms with Crippen LogP contribution in [0.5, 0.6) is 0 Å². The first-order chi connectivity index (χ1) is 9.72. The Bertz CT molecular complexity index is 493. The first-order valence-electron chi connectivity index (χ1n) is 7.33. The molecular weight excluding hydrogens is 290 g/mol. The molecule has 2 saturated carbocycles. The van der Waals surface area contributed by atoms with Gasteiger partial charge < -0.3 is 5.32 Å². The van der Waals surface area contributed by atoms with Crippen LogP contribution in [0.4, 0.5) is 0 Å². The summed E-state index contributed by atoms with van der Waals surface area (Å²) in [7, 11) is 0. The highest BCUT2D eigenvalue weighted by molar-refractivity contribution is 7.99. The van der Waals surface area contributed by atoms with Crippen molar-refractivity contribution in [3.63, 3.8) is 0 Å². The van der Waals surface area contributed by atoms with Crippen molar-refractivity contribution >= 4 is 29.3 Å². The predicted octanol–water partition coefficient (Wildman–Crippen LogP) is 3.88. The third-order valence-electron chi connectivity index (χ3n) is 4.53. The molecule has 3 unspecified atom stereocenters. The van der Waals surface area contributed by atoms with E-state index in [2.05, 4.69) is 5.32 Å². The molecule has 2 aliphatic carbocycles. The Kier molecular flexibility index (Phi) is 4.57. The van der Waals surface area contributed by atoms with Crippen molar-refractivity contribution in [2.24, 2.45) is 11.8 Å². The van der Waals surface area contributed by atoms with E-state index in [1.165, 1.54) is 25.7 Å². The minimum Gasteiger partial charge on any atom is -0.352 e. The third kappa shape index (κ3) is 3.32. The van der Waals surface area contributed by atoms with E-state index in [1.54, 1.807) is 11.8 Å². The molecular formula is C16H20ClNOS. The predicted molar refractivity (Wildman–Crippen MR) is 85.0 cm³/mol. The average Bonchev–Trinajstić information content (AvgIpc) is 3.03. The second-order valence-corrected chi connectivity index (χ2v) is 7.33. The Morgan fingerprint density at radius 3 is 2.85 bits per heavy atom. The van der Waals surface area contributed by atoms with E-state index in [0.29, 0.717) is 11.8 Å². The van der Waals surface area contributed by atoms with E-state index in [1.807, 2.05) is 24.3 Å². The summed E-state index contributed by atoms with van der Waals surface area (Å²) in [5.41, 5.74) is 1.10. The van der Waals surface area contributed by atoms with Crippen LogP contribution in [0.15, 0.2) is 24.3 Å². The van der Waals surface area contributed by atoms with Crippen LogP contribution in [0.1, 0.15) is 31.2 Å². The highest BCUT2D eigenvalue weighted by Crippen LogP contribution is 2.44. The molecule has 0 radical (unpaired) electrons. The number of carbonyl (C=O) groups excluding carboxylic acids is 1. The summed E-state index contributed by atoms with van der Waals surface area (Å²) in [6.45, 7) is 0. The van der Waals surface area contributed by atoms with Crippen LogP contribution in [0.2, 0.25) is 5.02 Å². The molecule has 4 heteroatoms. The van der Waals surface area contributed by atoms with Gasteiger partial charge in [-0.05, 0) is 42.7 Å². The van der Waals surface area contributed by atoms with Gasteiger partial charge in [-0.1, -0.05) is 36.2 Å².